The Morgan fingerprint density at radius 1 is 0.920 bits per heavy atom. The van der Waals surface area contributed by atoms with Crippen LogP contribution in [0, 0.1) is 0 Å². The van der Waals surface area contributed by atoms with Crippen LogP contribution in [0.5, 0.6) is 11.5 Å². The summed E-state index contributed by atoms with van der Waals surface area (Å²) in [6, 6.07) is 23.4. The normalized spacial score (nSPS) is 15.7. The Kier molecular flexibility index (Phi) is 4.10. The molecular weight excluding hydrogens is 306 g/mol. The highest BCUT2D eigenvalue weighted by atomic mass is 16.5. The van der Waals surface area contributed by atoms with Gasteiger partial charge in [0.25, 0.3) is 0 Å². The number of aromatic hydroxyl groups is 1. The zero-order chi connectivity index (χ0) is 17.2. The molecule has 0 aliphatic carbocycles. The van der Waals surface area contributed by atoms with E-state index in [0.29, 0.717) is 5.75 Å². The van der Waals surface area contributed by atoms with Crippen LogP contribution in [0.1, 0.15) is 22.8 Å². The van der Waals surface area contributed by atoms with E-state index >= 15 is 0 Å². The lowest BCUT2D eigenvalue weighted by molar-refractivity contribution is 0.260. The first-order valence-electron chi connectivity index (χ1n) is 8.16. The predicted molar refractivity (Wildman–Crippen MR) is 103 cm³/mol. The van der Waals surface area contributed by atoms with Crippen molar-refractivity contribution in [1.29, 1.82) is 0 Å². The highest BCUT2D eigenvalue weighted by molar-refractivity contribution is 6.97. The van der Waals surface area contributed by atoms with Gasteiger partial charge in [0.15, 0.2) is 0 Å². The zero-order valence-corrected chi connectivity index (χ0v) is 13.6. The largest absolute Gasteiger partial charge is 0.508 e. The van der Waals surface area contributed by atoms with Crippen molar-refractivity contribution in [2.24, 2.45) is 0 Å². The van der Waals surface area contributed by atoms with Crippen molar-refractivity contribution in [2.75, 3.05) is 0 Å². The van der Waals surface area contributed by atoms with E-state index in [0.717, 1.165) is 27.7 Å². The minimum Gasteiger partial charge on any atom is -0.508 e. The van der Waals surface area contributed by atoms with Crippen LogP contribution in [0.15, 0.2) is 72.8 Å². The zero-order valence-electron chi connectivity index (χ0n) is 13.6. The van der Waals surface area contributed by atoms with Gasteiger partial charge in [0.1, 0.15) is 17.6 Å². The molecular formula is C21H15B2O2. The van der Waals surface area contributed by atoms with Gasteiger partial charge in [-0.05, 0) is 29.3 Å². The molecule has 0 amide bonds. The summed E-state index contributed by atoms with van der Waals surface area (Å²) < 4.78 is 6.27. The van der Waals surface area contributed by atoms with Gasteiger partial charge < -0.3 is 9.84 Å². The number of phenols is 1. The van der Waals surface area contributed by atoms with E-state index in [1.165, 1.54) is 0 Å². The number of phenolic OH excluding ortho intramolecular Hbond substituents is 1. The average Bonchev–Trinajstić information content (AvgIpc) is 2.67. The predicted octanol–water partition coefficient (Wildman–Crippen LogP) is 3.48. The summed E-state index contributed by atoms with van der Waals surface area (Å²) >= 11 is 0. The molecule has 117 valence electrons. The molecule has 1 heterocycles. The molecule has 4 rings (SSSR count). The lowest BCUT2D eigenvalue weighted by Crippen LogP contribution is -2.17. The van der Waals surface area contributed by atoms with Gasteiger partial charge in [0.2, 0.25) is 0 Å². The summed E-state index contributed by atoms with van der Waals surface area (Å²) in [6.45, 7) is 0. The summed E-state index contributed by atoms with van der Waals surface area (Å²) in [7, 11) is 7.16. The molecule has 0 saturated heterocycles. The number of hydrogen-bond acceptors (Lipinski definition) is 2. The maximum Gasteiger partial charge on any atom is 0.149 e. The van der Waals surface area contributed by atoms with Crippen molar-refractivity contribution in [3.05, 3.63) is 89.5 Å². The maximum atomic E-state index is 9.78. The van der Waals surface area contributed by atoms with Gasteiger partial charge in [-0.2, -0.15) is 0 Å². The van der Waals surface area contributed by atoms with E-state index in [1.54, 1.807) is 19.3 Å². The van der Waals surface area contributed by atoms with Gasteiger partial charge in [-0.25, -0.2) is 0 Å². The second-order valence-corrected chi connectivity index (χ2v) is 6.02. The van der Waals surface area contributed by atoms with Crippen molar-refractivity contribution in [2.45, 2.75) is 6.10 Å². The monoisotopic (exact) mass is 321 g/mol. The van der Waals surface area contributed by atoms with E-state index < -0.39 is 0 Å². The lowest BCUT2D eigenvalue weighted by atomic mass is 9.51. The van der Waals surface area contributed by atoms with Crippen LogP contribution in [0.25, 0.3) is 11.6 Å². The van der Waals surface area contributed by atoms with E-state index in [2.05, 4.69) is 18.2 Å². The number of rotatable bonds is 3. The first kappa shape index (κ1) is 15.6. The van der Waals surface area contributed by atoms with Crippen molar-refractivity contribution in [3.8, 4) is 11.5 Å². The number of ether oxygens (including phenoxy) is 1. The first-order chi connectivity index (χ1) is 12.2. The van der Waals surface area contributed by atoms with Crippen LogP contribution in [0.2, 0.25) is 0 Å². The number of fused-ring (bicyclic) bond motifs is 1. The van der Waals surface area contributed by atoms with E-state index in [4.69, 9.17) is 12.5 Å². The Morgan fingerprint density at radius 2 is 1.68 bits per heavy atom. The standard InChI is InChI=1S/C21H15B2O2/c22-23-17-9-6-15(7-10-17)21-19(14-4-2-1-3-5-14)12-16-8-11-18(24)13-20(16)25-21/h1-13,21,24H. The lowest BCUT2D eigenvalue weighted by Gasteiger charge is -2.28. The van der Waals surface area contributed by atoms with E-state index in [1.807, 2.05) is 48.5 Å². The highest BCUT2D eigenvalue weighted by Gasteiger charge is 2.25. The third-order valence-electron chi connectivity index (χ3n) is 4.37. The molecule has 3 radical (unpaired) electrons. The molecule has 4 heteroatoms. The molecule has 3 aromatic carbocycles. The molecule has 3 aromatic rings. The fraction of sp³-hybridized carbons (Fsp3) is 0.0476. The quantitative estimate of drug-likeness (QED) is 0.749. The molecule has 0 saturated carbocycles. The van der Waals surface area contributed by atoms with Gasteiger partial charge in [0.05, 0.1) is 7.17 Å². The van der Waals surface area contributed by atoms with Crippen molar-refractivity contribution >= 4 is 32.0 Å². The molecule has 0 aromatic heterocycles. The third-order valence-corrected chi connectivity index (χ3v) is 4.37. The molecule has 0 fully saturated rings. The Bertz CT molecular complexity index is 918. The van der Waals surface area contributed by atoms with Crippen LogP contribution in [-0.2, 0) is 0 Å². The summed E-state index contributed by atoms with van der Waals surface area (Å²) in [6.07, 6.45) is 1.88. The molecule has 1 unspecified atom stereocenters. The Balaban J connectivity index is 1.83. The SMILES string of the molecule is [B][B]c1ccc(C2Oc3cc(O)ccc3C=C2c2ccccc2)cc1. The summed E-state index contributed by atoms with van der Waals surface area (Å²) in [5, 5.41) is 9.78. The summed E-state index contributed by atoms with van der Waals surface area (Å²) in [5.41, 5.74) is 5.15. The molecule has 1 atom stereocenters. The molecule has 1 aliphatic heterocycles. The first-order valence-corrected chi connectivity index (χ1v) is 8.16. The fourth-order valence-electron chi connectivity index (χ4n) is 3.07. The molecule has 0 bridgehead atoms. The van der Waals surface area contributed by atoms with Gasteiger partial charge in [-0.15, -0.1) is 0 Å². The Labute approximate surface area is 149 Å². The summed E-state index contributed by atoms with van der Waals surface area (Å²) in [5.74, 6) is 0.876. The van der Waals surface area contributed by atoms with Gasteiger partial charge >= 0.3 is 0 Å². The fourth-order valence-corrected chi connectivity index (χ4v) is 3.07. The number of benzene rings is 3. The molecule has 2 nitrogen and oxygen atoms in total. The maximum absolute atomic E-state index is 9.78. The Morgan fingerprint density at radius 3 is 2.40 bits per heavy atom. The van der Waals surface area contributed by atoms with Crippen LogP contribution >= 0.6 is 0 Å². The van der Waals surface area contributed by atoms with Gasteiger partial charge in [-0.3, -0.25) is 0 Å². The van der Waals surface area contributed by atoms with Crippen LogP contribution in [-0.4, -0.2) is 20.0 Å². The second kappa shape index (κ2) is 6.56. The van der Waals surface area contributed by atoms with Crippen LogP contribution < -0.4 is 10.2 Å². The van der Waals surface area contributed by atoms with Gasteiger partial charge in [0, 0.05) is 24.9 Å². The topological polar surface area (TPSA) is 29.5 Å². The second-order valence-electron chi connectivity index (χ2n) is 6.02. The summed E-state index contributed by atoms with van der Waals surface area (Å²) in [4.78, 5) is 0. The third kappa shape index (κ3) is 3.08. The minimum absolute atomic E-state index is 0.196. The van der Waals surface area contributed by atoms with Crippen LogP contribution in [0.3, 0.4) is 0 Å². The molecule has 25 heavy (non-hydrogen) atoms. The Hall–Kier alpha value is -2.87. The minimum atomic E-state index is -0.247. The van der Waals surface area contributed by atoms with Crippen LogP contribution in [0.4, 0.5) is 0 Å². The molecule has 0 spiro atoms. The molecule has 1 aliphatic rings. The van der Waals surface area contributed by atoms with Crippen molar-refractivity contribution in [3.63, 3.8) is 0 Å². The van der Waals surface area contributed by atoms with E-state index in [-0.39, 0.29) is 11.9 Å². The molecule has 1 N–H and O–H groups in total. The average molecular weight is 321 g/mol. The number of hydrogen-bond donors (Lipinski definition) is 1. The smallest absolute Gasteiger partial charge is 0.149 e. The highest BCUT2D eigenvalue weighted by Crippen LogP contribution is 2.42. The van der Waals surface area contributed by atoms with Crippen molar-refractivity contribution < 1.29 is 9.84 Å². The van der Waals surface area contributed by atoms with Gasteiger partial charge in [-0.1, -0.05) is 60.1 Å². The van der Waals surface area contributed by atoms with E-state index in [9.17, 15) is 5.11 Å². The van der Waals surface area contributed by atoms with Crippen molar-refractivity contribution in [1.82, 2.24) is 0 Å².